The minimum Gasteiger partial charge on any atom is -0.491 e. The highest BCUT2D eigenvalue weighted by molar-refractivity contribution is 5.98. The van der Waals surface area contributed by atoms with Crippen molar-refractivity contribution >= 4 is 16.8 Å². The molecule has 2 aliphatic heterocycles. The van der Waals surface area contributed by atoms with E-state index >= 15 is 0 Å². The van der Waals surface area contributed by atoms with Crippen molar-refractivity contribution < 1.29 is 18.3 Å². The van der Waals surface area contributed by atoms with E-state index in [0.29, 0.717) is 19.6 Å². The zero-order valence-corrected chi connectivity index (χ0v) is 18.6. The average molecular weight is 467 g/mol. The number of ether oxygens (including phenoxy) is 1. The zero-order chi connectivity index (χ0) is 23.7. The van der Waals surface area contributed by atoms with Crippen LogP contribution in [0, 0.1) is 17.6 Å². The van der Waals surface area contributed by atoms with Crippen LogP contribution in [-0.2, 0) is 6.54 Å². The van der Waals surface area contributed by atoms with Crippen LogP contribution in [0.25, 0.3) is 10.9 Å². The lowest BCUT2D eigenvalue weighted by atomic mass is 9.83. The van der Waals surface area contributed by atoms with E-state index in [4.69, 9.17) is 4.74 Å². The number of rotatable bonds is 3. The largest absolute Gasteiger partial charge is 0.491 e. The van der Waals surface area contributed by atoms with Gasteiger partial charge in [0.2, 0.25) is 11.2 Å². The molecule has 2 bridgehead atoms. The van der Waals surface area contributed by atoms with Crippen LogP contribution < -0.4 is 15.7 Å². The number of amides is 1. The van der Waals surface area contributed by atoms with Crippen LogP contribution in [-0.4, -0.2) is 40.1 Å². The van der Waals surface area contributed by atoms with Gasteiger partial charge < -0.3 is 18.8 Å². The molecule has 2 fully saturated rings. The Morgan fingerprint density at radius 2 is 1.91 bits per heavy atom. The number of hydrogen-bond acceptors (Lipinski definition) is 4. The van der Waals surface area contributed by atoms with Gasteiger partial charge in [-0.25, -0.2) is 4.39 Å². The van der Waals surface area contributed by atoms with E-state index in [1.807, 2.05) is 6.07 Å². The maximum absolute atomic E-state index is 14.4. The van der Waals surface area contributed by atoms with Crippen molar-refractivity contribution in [3.8, 4) is 5.75 Å². The lowest BCUT2D eigenvalue weighted by Crippen LogP contribution is -2.49. The lowest BCUT2D eigenvalue weighted by molar-refractivity contribution is 0.0592. The molecule has 1 aromatic carbocycles. The molecule has 6 rings (SSSR count). The number of benzene rings is 1. The quantitative estimate of drug-likeness (QED) is 0.594. The molecule has 1 amide bonds. The predicted octanol–water partition coefficient (Wildman–Crippen LogP) is 3.04. The van der Waals surface area contributed by atoms with Crippen LogP contribution in [0.5, 0.6) is 5.75 Å². The Morgan fingerprint density at radius 1 is 1.12 bits per heavy atom. The first-order valence-corrected chi connectivity index (χ1v) is 11.5. The first kappa shape index (κ1) is 21.1. The van der Waals surface area contributed by atoms with Gasteiger partial charge in [0.1, 0.15) is 5.56 Å². The Bertz CT molecular complexity index is 1470. The molecule has 2 unspecified atom stereocenters. The molecule has 34 heavy (non-hydrogen) atoms. The molecule has 1 saturated heterocycles. The molecule has 2 aromatic heterocycles. The highest BCUT2D eigenvalue weighted by Gasteiger charge is 2.38. The molecule has 0 N–H and O–H groups in total. The fourth-order valence-electron chi connectivity index (χ4n) is 5.64. The Hall–Kier alpha value is -3.49. The molecule has 1 saturated carbocycles. The van der Waals surface area contributed by atoms with Gasteiger partial charge in [-0.15, -0.1) is 0 Å². The van der Waals surface area contributed by atoms with Gasteiger partial charge in [0.25, 0.3) is 11.5 Å². The van der Waals surface area contributed by atoms with Gasteiger partial charge >= 0.3 is 0 Å². The molecule has 0 radical (unpaired) electrons. The van der Waals surface area contributed by atoms with Gasteiger partial charge in [0, 0.05) is 49.6 Å². The summed E-state index contributed by atoms with van der Waals surface area (Å²) in [6.45, 7) is 1.35. The summed E-state index contributed by atoms with van der Waals surface area (Å²) in [5, 5.41) is -0.0670. The first-order valence-electron chi connectivity index (χ1n) is 11.5. The third kappa shape index (κ3) is 3.09. The number of hydrogen-bond donors (Lipinski definition) is 0. The maximum atomic E-state index is 14.4. The second-order valence-electron chi connectivity index (χ2n) is 9.52. The standard InChI is InChI=1S/C25H23F2N3O4/c1-34-24-21(27)18(26)8-16-22(24)29(15-5-6-15)12-17(23(16)32)25(33)28-9-13-7-14(11-28)19-3-2-4-20(31)30(19)10-13/h2-4,8,12-15H,5-7,9-11H2,1H3. The van der Waals surface area contributed by atoms with E-state index in [1.54, 1.807) is 26.2 Å². The van der Waals surface area contributed by atoms with E-state index in [9.17, 15) is 23.2 Å². The second kappa shape index (κ2) is 7.51. The molecule has 7 nitrogen and oxygen atoms in total. The summed E-state index contributed by atoms with van der Waals surface area (Å²) < 4.78 is 37.3. The highest BCUT2D eigenvalue weighted by atomic mass is 19.2. The van der Waals surface area contributed by atoms with Crippen molar-refractivity contribution in [1.82, 2.24) is 14.0 Å². The summed E-state index contributed by atoms with van der Waals surface area (Å²) in [7, 11) is 1.23. The van der Waals surface area contributed by atoms with Crippen molar-refractivity contribution in [3.63, 3.8) is 0 Å². The summed E-state index contributed by atoms with van der Waals surface area (Å²) in [6, 6.07) is 6.04. The summed E-state index contributed by atoms with van der Waals surface area (Å²) >= 11 is 0. The maximum Gasteiger partial charge on any atom is 0.259 e. The van der Waals surface area contributed by atoms with Gasteiger partial charge in [-0.3, -0.25) is 14.4 Å². The van der Waals surface area contributed by atoms with Crippen molar-refractivity contribution in [2.45, 2.75) is 37.8 Å². The summed E-state index contributed by atoms with van der Waals surface area (Å²) in [4.78, 5) is 40.9. The van der Waals surface area contributed by atoms with Crippen LogP contribution in [0.4, 0.5) is 8.78 Å². The second-order valence-corrected chi connectivity index (χ2v) is 9.52. The van der Waals surface area contributed by atoms with Crippen molar-refractivity contribution in [2.75, 3.05) is 20.2 Å². The number of methoxy groups -OCH3 is 1. The van der Waals surface area contributed by atoms with Gasteiger partial charge in [0.15, 0.2) is 11.6 Å². The predicted molar refractivity (Wildman–Crippen MR) is 120 cm³/mol. The van der Waals surface area contributed by atoms with Crippen molar-refractivity contribution in [3.05, 3.63) is 73.9 Å². The smallest absolute Gasteiger partial charge is 0.259 e. The number of halogens is 2. The first-order chi connectivity index (χ1) is 16.4. The number of pyridine rings is 2. The lowest BCUT2D eigenvalue weighted by Gasteiger charge is -2.42. The molecule has 3 aliphatic rings. The Kier molecular flexibility index (Phi) is 4.65. The van der Waals surface area contributed by atoms with E-state index in [1.165, 1.54) is 13.3 Å². The van der Waals surface area contributed by atoms with Gasteiger partial charge in [0.05, 0.1) is 18.0 Å². The Morgan fingerprint density at radius 3 is 2.65 bits per heavy atom. The van der Waals surface area contributed by atoms with Crippen molar-refractivity contribution in [1.29, 1.82) is 0 Å². The Balaban J connectivity index is 1.45. The SMILES string of the molecule is COc1c(F)c(F)cc2c(=O)c(C(=O)N3CC4CC(C3)c3cccc(=O)n3C4)cn(C3CC3)c12. The van der Waals surface area contributed by atoms with Crippen LogP contribution in [0.2, 0.25) is 0 Å². The number of carbonyl (C=O) groups excluding carboxylic acids is 1. The zero-order valence-electron chi connectivity index (χ0n) is 18.6. The molecule has 0 spiro atoms. The van der Waals surface area contributed by atoms with E-state index in [2.05, 4.69) is 0 Å². The third-order valence-electron chi connectivity index (χ3n) is 7.31. The molecule has 9 heteroatoms. The average Bonchev–Trinajstić information content (AvgIpc) is 3.66. The van der Waals surface area contributed by atoms with Crippen LogP contribution >= 0.6 is 0 Å². The molecule has 4 heterocycles. The van der Waals surface area contributed by atoms with Gasteiger partial charge in [-0.05, 0) is 37.3 Å². The minimum atomic E-state index is -1.19. The third-order valence-corrected chi connectivity index (χ3v) is 7.31. The topological polar surface area (TPSA) is 73.5 Å². The molecule has 176 valence electrons. The molecular formula is C25H23F2N3O4. The number of likely N-dealkylation sites (tertiary alicyclic amines) is 1. The number of fused-ring (bicyclic) bond motifs is 5. The van der Waals surface area contributed by atoms with Crippen LogP contribution in [0.15, 0.2) is 40.1 Å². The molecule has 2 atom stereocenters. The number of carbonyl (C=O) groups is 1. The van der Waals surface area contributed by atoms with Crippen LogP contribution in [0.3, 0.4) is 0 Å². The van der Waals surface area contributed by atoms with Crippen molar-refractivity contribution in [2.24, 2.45) is 5.92 Å². The van der Waals surface area contributed by atoms with E-state index in [0.717, 1.165) is 31.0 Å². The number of aromatic nitrogens is 2. The van der Waals surface area contributed by atoms with Gasteiger partial charge in [-0.2, -0.15) is 4.39 Å². The highest BCUT2D eigenvalue weighted by Crippen LogP contribution is 2.41. The van der Waals surface area contributed by atoms with Crippen LogP contribution in [0.1, 0.15) is 47.3 Å². The number of nitrogens with zero attached hydrogens (tertiary/aromatic N) is 3. The van der Waals surface area contributed by atoms with E-state index < -0.39 is 23.0 Å². The van der Waals surface area contributed by atoms with Gasteiger partial charge in [-0.1, -0.05) is 6.07 Å². The minimum absolute atomic E-state index is 0.00287. The fraction of sp³-hybridized carbons (Fsp3) is 0.400. The summed E-state index contributed by atoms with van der Waals surface area (Å²) in [5.74, 6) is -2.99. The molecule has 3 aromatic rings. The molecular weight excluding hydrogens is 444 g/mol. The van der Waals surface area contributed by atoms with E-state index in [-0.39, 0.29) is 45.7 Å². The summed E-state index contributed by atoms with van der Waals surface area (Å²) in [6.07, 6.45) is 3.98. The summed E-state index contributed by atoms with van der Waals surface area (Å²) in [5.41, 5.74) is 0.336. The fourth-order valence-corrected chi connectivity index (χ4v) is 5.64. The normalized spacial score (nSPS) is 21.4. The number of piperidine rings is 1. The molecule has 1 aliphatic carbocycles. The Labute approximate surface area is 193 Å². The monoisotopic (exact) mass is 467 g/mol.